The number of ether oxygens (including phenoxy) is 5. The number of fused-ring (bicyclic) bond motifs is 1. The van der Waals surface area contributed by atoms with Crippen LogP contribution in [-0.4, -0.2) is 83.4 Å². The molecule has 6 rings (SSSR count). The lowest BCUT2D eigenvalue weighted by molar-refractivity contribution is -0.0291. The van der Waals surface area contributed by atoms with E-state index in [1.807, 2.05) is 18.2 Å². The van der Waals surface area contributed by atoms with E-state index < -0.39 is 0 Å². The van der Waals surface area contributed by atoms with Crippen LogP contribution in [0.25, 0.3) is 10.8 Å². The van der Waals surface area contributed by atoms with E-state index in [1.165, 1.54) is 27.5 Å². The SMILES string of the molecule is c1ccc(COCCCOc2ccc([C@@H]3[C@@H](COCCN4CCOCC4)CNC[C@H]3OCc3ccc4ccccc4c3)cc2)cc1. The summed E-state index contributed by atoms with van der Waals surface area (Å²) in [7, 11) is 0. The molecule has 2 aliphatic rings. The molecule has 4 aromatic rings. The van der Waals surface area contributed by atoms with Crippen LogP contribution in [0.3, 0.4) is 0 Å². The molecule has 0 aromatic heterocycles. The third kappa shape index (κ3) is 9.61. The van der Waals surface area contributed by atoms with Crippen LogP contribution >= 0.6 is 0 Å². The molecule has 2 fully saturated rings. The molecule has 46 heavy (non-hydrogen) atoms. The van der Waals surface area contributed by atoms with E-state index >= 15 is 0 Å². The summed E-state index contributed by atoms with van der Waals surface area (Å²) < 4.78 is 30.4. The van der Waals surface area contributed by atoms with Crippen molar-refractivity contribution in [1.29, 1.82) is 0 Å². The fourth-order valence-corrected chi connectivity index (χ4v) is 6.47. The number of morpholine rings is 1. The largest absolute Gasteiger partial charge is 0.494 e. The molecule has 0 radical (unpaired) electrons. The molecule has 7 nitrogen and oxygen atoms in total. The zero-order chi connectivity index (χ0) is 31.2. The van der Waals surface area contributed by atoms with Gasteiger partial charge in [-0.25, -0.2) is 0 Å². The Labute approximate surface area is 273 Å². The number of rotatable bonds is 16. The van der Waals surface area contributed by atoms with Crippen LogP contribution in [0, 0.1) is 5.92 Å². The van der Waals surface area contributed by atoms with Gasteiger partial charge in [0.1, 0.15) is 5.75 Å². The third-order valence-electron chi connectivity index (χ3n) is 9.00. The smallest absolute Gasteiger partial charge is 0.119 e. The van der Waals surface area contributed by atoms with Gasteiger partial charge in [-0.2, -0.15) is 0 Å². The zero-order valence-corrected chi connectivity index (χ0v) is 26.9. The Morgan fingerprint density at radius 1 is 0.717 bits per heavy atom. The lowest BCUT2D eigenvalue weighted by Gasteiger charge is -2.39. The first-order chi connectivity index (χ1) is 22.8. The number of hydrogen-bond acceptors (Lipinski definition) is 7. The Balaban J connectivity index is 1.05. The molecule has 1 N–H and O–H groups in total. The molecule has 3 atom stereocenters. The van der Waals surface area contributed by atoms with Crippen LogP contribution in [-0.2, 0) is 32.2 Å². The van der Waals surface area contributed by atoms with Crippen LogP contribution in [0.2, 0.25) is 0 Å². The van der Waals surface area contributed by atoms with Crippen molar-refractivity contribution in [3.8, 4) is 5.75 Å². The van der Waals surface area contributed by atoms with E-state index in [9.17, 15) is 0 Å². The molecule has 7 heteroatoms. The lowest BCUT2D eigenvalue weighted by Crippen LogP contribution is -2.48. The van der Waals surface area contributed by atoms with E-state index in [0.717, 1.165) is 64.7 Å². The summed E-state index contributed by atoms with van der Waals surface area (Å²) in [5.74, 6) is 1.40. The normalized spacial score (nSPS) is 20.6. The molecular formula is C39H48N2O5. The fourth-order valence-electron chi connectivity index (χ4n) is 6.47. The summed E-state index contributed by atoms with van der Waals surface area (Å²) in [5, 5.41) is 6.13. The Morgan fingerprint density at radius 3 is 2.37 bits per heavy atom. The molecule has 0 aliphatic carbocycles. The molecule has 2 aliphatic heterocycles. The maximum Gasteiger partial charge on any atom is 0.119 e. The average molecular weight is 625 g/mol. The van der Waals surface area contributed by atoms with E-state index in [0.29, 0.717) is 39.0 Å². The molecule has 244 valence electrons. The van der Waals surface area contributed by atoms with Crippen molar-refractivity contribution in [1.82, 2.24) is 10.2 Å². The summed E-state index contributed by atoms with van der Waals surface area (Å²) in [4.78, 5) is 2.42. The summed E-state index contributed by atoms with van der Waals surface area (Å²) in [5.41, 5.74) is 3.65. The van der Waals surface area contributed by atoms with Crippen LogP contribution < -0.4 is 10.1 Å². The Hall–Kier alpha value is -3.30. The van der Waals surface area contributed by atoms with Gasteiger partial charge >= 0.3 is 0 Å². The highest BCUT2D eigenvalue weighted by molar-refractivity contribution is 5.82. The van der Waals surface area contributed by atoms with Gasteiger partial charge in [-0.05, 0) is 45.7 Å². The first kappa shape index (κ1) is 32.6. The van der Waals surface area contributed by atoms with Gasteiger partial charge in [0.15, 0.2) is 0 Å². The molecule has 0 spiro atoms. The molecule has 2 heterocycles. The first-order valence-corrected chi connectivity index (χ1v) is 16.8. The lowest BCUT2D eigenvalue weighted by atomic mass is 9.79. The molecular weight excluding hydrogens is 576 g/mol. The predicted octanol–water partition coefficient (Wildman–Crippen LogP) is 6.06. The molecule has 0 saturated carbocycles. The van der Waals surface area contributed by atoms with Gasteiger partial charge in [-0.3, -0.25) is 4.90 Å². The average Bonchev–Trinajstić information content (AvgIpc) is 3.12. The summed E-state index contributed by atoms with van der Waals surface area (Å²) in [6.45, 7) is 10.2. The number of piperidine rings is 1. The molecule has 2 saturated heterocycles. The monoisotopic (exact) mass is 624 g/mol. The first-order valence-electron chi connectivity index (χ1n) is 16.8. The van der Waals surface area contributed by atoms with Gasteiger partial charge in [-0.1, -0.05) is 78.9 Å². The Bertz CT molecular complexity index is 1440. The van der Waals surface area contributed by atoms with Crippen molar-refractivity contribution in [3.63, 3.8) is 0 Å². The van der Waals surface area contributed by atoms with Crippen molar-refractivity contribution < 1.29 is 23.7 Å². The molecule has 0 bridgehead atoms. The van der Waals surface area contributed by atoms with Gasteiger partial charge in [-0.15, -0.1) is 0 Å². The van der Waals surface area contributed by atoms with E-state index in [1.54, 1.807) is 0 Å². The third-order valence-corrected chi connectivity index (χ3v) is 9.00. The minimum atomic E-state index is 0.0293. The second-order valence-electron chi connectivity index (χ2n) is 12.3. The zero-order valence-electron chi connectivity index (χ0n) is 26.9. The molecule has 0 amide bonds. The van der Waals surface area contributed by atoms with Crippen molar-refractivity contribution in [3.05, 3.63) is 114 Å². The Kier molecular flexibility index (Phi) is 12.5. The van der Waals surface area contributed by atoms with Crippen LogP contribution in [0.4, 0.5) is 0 Å². The van der Waals surface area contributed by atoms with Gasteiger partial charge in [0.05, 0.1) is 59.0 Å². The van der Waals surface area contributed by atoms with Gasteiger partial charge in [0.2, 0.25) is 0 Å². The summed E-state index contributed by atoms with van der Waals surface area (Å²) in [6.07, 6.45) is 0.874. The second-order valence-corrected chi connectivity index (χ2v) is 12.3. The quantitative estimate of drug-likeness (QED) is 0.152. The van der Waals surface area contributed by atoms with Gasteiger partial charge < -0.3 is 29.0 Å². The number of hydrogen-bond donors (Lipinski definition) is 1. The van der Waals surface area contributed by atoms with E-state index in [4.69, 9.17) is 23.7 Å². The number of benzene rings is 4. The maximum absolute atomic E-state index is 6.70. The minimum Gasteiger partial charge on any atom is -0.494 e. The standard InChI is InChI=1S/C39H48N2O5/c1-2-7-31(8-3-1)28-43-20-6-21-45-37-15-13-34(14-16-37)39-36(30-44-24-19-41-17-22-42-23-18-41)26-40-27-38(39)46-29-32-11-12-33-9-4-5-10-35(33)25-32/h1-5,7-16,25,36,38-40H,6,17-24,26-30H2/t36-,38-,39-/m1/s1. The van der Waals surface area contributed by atoms with Crippen molar-refractivity contribution in [2.75, 3.05) is 72.4 Å². The Morgan fingerprint density at radius 2 is 1.52 bits per heavy atom. The van der Waals surface area contributed by atoms with Gasteiger partial charge in [0, 0.05) is 51.0 Å². The highest BCUT2D eigenvalue weighted by atomic mass is 16.5. The highest BCUT2D eigenvalue weighted by Crippen LogP contribution is 2.34. The number of nitrogens with one attached hydrogen (secondary N) is 1. The topological polar surface area (TPSA) is 61.4 Å². The summed E-state index contributed by atoms with van der Waals surface area (Å²) in [6, 6.07) is 34.0. The number of nitrogens with zero attached hydrogens (tertiary/aromatic N) is 1. The predicted molar refractivity (Wildman–Crippen MR) is 182 cm³/mol. The van der Waals surface area contributed by atoms with E-state index in [-0.39, 0.29) is 12.0 Å². The van der Waals surface area contributed by atoms with Gasteiger partial charge in [0.25, 0.3) is 0 Å². The molecule has 4 aromatic carbocycles. The van der Waals surface area contributed by atoms with E-state index in [2.05, 4.69) is 89.1 Å². The minimum absolute atomic E-state index is 0.0293. The van der Waals surface area contributed by atoms with Crippen molar-refractivity contribution in [2.45, 2.75) is 31.7 Å². The van der Waals surface area contributed by atoms with Crippen LogP contribution in [0.5, 0.6) is 5.75 Å². The van der Waals surface area contributed by atoms with Crippen LogP contribution in [0.1, 0.15) is 29.0 Å². The maximum atomic E-state index is 6.70. The second kappa shape index (κ2) is 17.6. The highest BCUT2D eigenvalue weighted by Gasteiger charge is 2.35. The summed E-state index contributed by atoms with van der Waals surface area (Å²) >= 11 is 0. The van der Waals surface area contributed by atoms with Crippen molar-refractivity contribution >= 4 is 10.8 Å². The van der Waals surface area contributed by atoms with Crippen LogP contribution in [0.15, 0.2) is 97.1 Å². The van der Waals surface area contributed by atoms with Crippen molar-refractivity contribution in [2.24, 2.45) is 5.92 Å². The fraction of sp³-hybridized carbons (Fsp3) is 0.436. The molecule has 0 unspecified atom stereocenters.